The number of likely N-dealkylation sites (tertiary alicyclic amines) is 2. The van der Waals surface area contributed by atoms with Gasteiger partial charge in [0.1, 0.15) is 72.5 Å². The zero-order valence-electron chi connectivity index (χ0n) is 65.6. The highest BCUT2D eigenvalue weighted by Crippen LogP contribution is 2.28. The summed E-state index contributed by atoms with van der Waals surface area (Å²) in [6, 6.07) is -11.4. The molecule has 43 nitrogen and oxygen atoms in total. The minimum Gasteiger partial charge on any atom is -0.480 e. The van der Waals surface area contributed by atoms with Crippen LogP contribution < -0.4 is 74.9 Å². The van der Waals surface area contributed by atoms with E-state index in [1.165, 1.54) is 22.9 Å². The third-order valence-corrected chi connectivity index (χ3v) is 20.1. The Kier molecular flexibility index (Phi) is 36.7. The lowest BCUT2D eigenvalue weighted by molar-refractivity contribution is -0.148. The number of benzene rings is 1. The fourth-order valence-corrected chi connectivity index (χ4v) is 14.0. The molecule has 0 saturated carbocycles. The number of carbonyl (C=O) groups is 17. The zero-order valence-corrected chi connectivity index (χ0v) is 65.6. The number of carbonyl (C=O) groups excluding carboxylic acids is 15. The molecule has 6 heterocycles. The molecule has 43 heteroatoms. The summed E-state index contributed by atoms with van der Waals surface area (Å²) in [6.07, 6.45) is 7.81. The normalized spacial score (nSPS) is 21.6. The van der Waals surface area contributed by atoms with Crippen molar-refractivity contribution in [3.8, 4) is 0 Å². The molecule has 14 amide bonds. The number of nitrogens with two attached hydrogens (primary N) is 1. The van der Waals surface area contributed by atoms with E-state index in [9.17, 15) is 92.7 Å². The number of rotatable bonds is 36. The third-order valence-electron chi connectivity index (χ3n) is 20.1. The number of H-pyrrole nitrogens is 1. The Balaban J connectivity index is 1.13. The average molecular weight is 1650 g/mol. The number of fused-ring (bicyclic) bond motifs is 1. The molecule has 7 rings (SSSR count). The molecule has 1 aromatic heterocycles. The number of para-hydroxylation sites is 1. The quantitative estimate of drug-likeness (QED) is 0.0171. The van der Waals surface area contributed by atoms with E-state index in [0.717, 1.165) is 11.8 Å². The standard InChI is InChI=1S/C75H107N21O22/c1-41(100)55(38-97)91-71(115)57(40-99)92-67(111)50(19-6-8-27-94(36-62(104)105)37-63(106)107)86-70(114)56(39-98)93-69(113)53(32-45-15-10-25-79-45)89-72(116)58-21-12-28-95(58)74(118)59-22-13-29-96(59)73(117)54-33-60(102)80-23-7-5-18-48(84-42(2)101)65(109)88-52(31-44-14-9-24-78-44)64(108)83-35-61(103)85-49(20-11-26-81-75(76)77)66(110)87-51(68(112)90-54)30-43-34-82-47-17-4-3-16-46(43)47/h3-4,14-17,24-25,34,48-59,82,97-99H,5-13,18-23,26-33,35-40H2,1-2H3,(H,80,102)(H,83,108)(H,84,101)(H,85,103)(H,86,114)(H,87,110)(H,88,109)(H,89,116)(H,90,112)(H,91,115)(H,92,111)(H,93,113)(H,104,105)(H,106,107)(H4,76,77,81)/t48-,49-,50-,51-,52-,53-,54-,55-,56-,57-,58-,59-/m0/s1. The number of hydrogen-bond acceptors (Lipinski definition) is 24. The first-order valence-electron chi connectivity index (χ1n) is 39.1. The number of aromatic nitrogens is 1. The van der Waals surface area contributed by atoms with Crippen LogP contribution in [0.4, 0.5) is 0 Å². The van der Waals surface area contributed by atoms with Crippen molar-refractivity contribution in [3.63, 3.8) is 0 Å². The smallest absolute Gasteiger partial charge is 0.317 e. The third kappa shape index (κ3) is 29.0. The van der Waals surface area contributed by atoms with E-state index in [-0.39, 0.29) is 129 Å². The van der Waals surface area contributed by atoms with E-state index >= 15 is 14.4 Å². The Morgan fingerprint density at radius 3 is 1.81 bits per heavy atom. The van der Waals surface area contributed by atoms with Crippen LogP contribution in [0.3, 0.4) is 0 Å². The van der Waals surface area contributed by atoms with Gasteiger partial charge in [-0.15, -0.1) is 0 Å². The van der Waals surface area contributed by atoms with Crippen LogP contribution in [-0.2, 0) is 87.9 Å². The molecule has 0 unspecified atom stereocenters. The minimum absolute atomic E-state index is 0.00501. The molecule has 118 heavy (non-hydrogen) atoms. The molecule has 3 fully saturated rings. The summed E-state index contributed by atoms with van der Waals surface area (Å²) < 4.78 is 0. The van der Waals surface area contributed by atoms with Gasteiger partial charge in [0, 0.05) is 106 Å². The van der Waals surface area contributed by atoms with Crippen molar-refractivity contribution in [1.82, 2.24) is 88.8 Å². The molecule has 644 valence electrons. The number of aliphatic carboxylic acids is 2. The average Bonchev–Trinajstić information content (AvgIpc) is 1.64. The summed E-state index contributed by atoms with van der Waals surface area (Å²) in [7, 11) is 0. The van der Waals surface area contributed by atoms with Crippen molar-refractivity contribution in [2.45, 2.75) is 202 Å². The van der Waals surface area contributed by atoms with E-state index < -0.39 is 225 Å². The second-order valence-corrected chi connectivity index (χ2v) is 29.1. The molecule has 12 atom stereocenters. The molecule has 5 aliphatic heterocycles. The lowest BCUT2D eigenvalue weighted by Gasteiger charge is -2.33. The number of hydrogen-bond donors (Lipinski definition) is 21. The second kappa shape index (κ2) is 46.6. The Morgan fingerprint density at radius 1 is 0.610 bits per heavy atom. The Labute approximate surface area is 677 Å². The number of nitrogens with one attached hydrogen (secondary N) is 15. The first-order valence-corrected chi connectivity index (χ1v) is 39.1. The predicted octanol–water partition coefficient (Wildman–Crippen LogP) is -6.67. The maximum absolute atomic E-state index is 15.5. The highest BCUT2D eigenvalue weighted by molar-refractivity contribution is 6.02. The van der Waals surface area contributed by atoms with Gasteiger partial charge in [0.05, 0.1) is 45.9 Å². The topological polar surface area (TPSA) is 648 Å². The van der Waals surface area contributed by atoms with E-state index in [2.05, 4.69) is 84.1 Å². The Morgan fingerprint density at radius 2 is 1.19 bits per heavy atom. The number of nitrogens with zero attached hydrogens (tertiary/aromatic N) is 5. The van der Waals surface area contributed by atoms with Crippen LogP contribution in [0.15, 0.2) is 64.0 Å². The number of Topliss-reactive ketones (excluding diaryl/α,β-unsaturated/α-hetero) is 1. The largest absolute Gasteiger partial charge is 0.480 e. The first-order chi connectivity index (χ1) is 56.4. The molecule has 0 bridgehead atoms. The van der Waals surface area contributed by atoms with Crippen LogP contribution in [0.2, 0.25) is 0 Å². The van der Waals surface area contributed by atoms with Gasteiger partial charge >= 0.3 is 11.9 Å². The number of amides is 14. The van der Waals surface area contributed by atoms with Gasteiger partial charge in [0.25, 0.3) is 0 Å². The van der Waals surface area contributed by atoms with Crippen molar-refractivity contribution in [1.29, 1.82) is 5.41 Å². The summed E-state index contributed by atoms with van der Waals surface area (Å²) in [5, 5.41) is 90.5. The zero-order chi connectivity index (χ0) is 86.1. The summed E-state index contributed by atoms with van der Waals surface area (Å²) in [5.41, 5.74) is 7.44. The fraction of sp³-hybridized carbons (Fsp3) is 0.573. The van der Waals surface area contributed by atoms with E-state index in [1.54, 1.807) is 48.8 Å². The van der Waals surface area contributed by atoms with Crippen LogP contribution in [0, 0.1) is 5.41 Å². The summed E-state index contributed by atoms with van der Waals surface area (Å²) in [6.45, 7) is -3.21. The van der Waals surface area contributed by atoms with Crippen LogP contribution >= 0.6 is 0 Å². The van der Waals surface area contributed by atoms with Gasteiger partial charge in [-0.3, -0.25) is 102 Å². The highest BCUT2D eigenvalue weighted by Gasteiger charge is 2.46. The number of unbranched alkanes of at least 4 members (excludes halogenated alkanes) is 1. The van der Waals surface area contributed by atoms with Crippen LogP contribution in [0.5, 0.6) is 0 Å². The van der Waals surface area contributed by atoms with Crippen LogP contribution in [-0.4, -0.2) is 309 Å². The van der Waals surface area contributed by atoms with Crippen molar-refractivity contribution in [3.05, 3.63) is 59.6 Å². The van der Waals surface area contributed by atoms with Gasteiger partial charge in [-0.05, 0) is 102 Å². The van der Waals surface area contributed by atoms with E-state index in [0.29, 0.717) is 40.7 Å². The monoisotopic (exact) mass is 1650 g/mol. The molecule has 0 spiro atoms. The lowest BCUT2D eigenvalue weighted by Crippen LogP contribution is -2.61. The number of allylic oxidation sites excluding steroid dienone is 2. The number of carboxylic acid groups (broad SMARTS) is 2. The lowest BCUT2D eigenvalue weighted by atomic mass is 10.0. The van der Waals surface area contributed by atoms with Gasteiger partial charge in [-0.2, -0.15) is 0 Å². The molecule has 2 aromatic rings. The number of ketones is 1. The van der Waals surface area contributed by atoms with Crippen molar-refractivity contribution >= 4 is 130 Å². The maximum Gasteiger partial charge on any atom is 0.317 e. The summed E-state index contributed by atoms with van der Waals surface area (Å²) in [4.78, 5) is 250. The molecule has 22 N–H and O–H groups in total. The number of guanidine groups is 1. The number of aromatic amines is 1. The molecular weight excluding hydrogens is 1550 g/mol. The molecular formula is C75H107N21O22. The van der Waals surface area contributed by atoms with Crippen LogP contribution in [0.25, 0.3) is 10.9 Å². The Hall–Kier alpha value is -12.1. The molecule has 1 aromatic carbocycles. The predicted molar refractivity (Wildman–Crippen MR) is 419 cm³/mol. The minimum atomic E-state index is -1.90. The van der Waals surface area contributed by atoms with E-state index in [1.807, 2.05) is 0 Å². The molecule has 3 saturated heterocycles. The summed E-state index contributed by atoms with van der Waals surface area (Å²) >= 11 is 0. The SMILES string of the molecule is CC(=O)N[C@H]1CCCCNC(=O)C[C@@H](C(=O)N2CCC[C@H]2C(=O)N2CCC[C@H]2C(=O)N[C@@H](CC2=CCC=N2)C(=O)N[C@@H](CO)C(=O)N[C@@H](CCCCN(CC(=O)O)CC(=O)O)C(=O)N[C@@H](CO)C(=O)N[C@@H](CO)C(C)=O)NC(=O)[C@H](Cc2c[nH]c3ccccc23)NC(=O)[C@H](CCCNC(=N)N)NC(=O)CNC(=O)[C@H](CC2=CCC=N2)NC1=O. The molecule has 0 aliphatic carbocycles. The van der Waals surface area contributed by atoms with Gasteiger partial charge in [0.15, 0.2) is 11.7 Å². The second-order valence-electron chi connectivity index (χ2n) is 29.1. The first kappa shape index (κ1) is 93.0. The van der Waals surface area contributed by atoms with Crippen molar-refractivity contribution in [2.75, 3.05) is 72.2 Å². The molecule has 5 aliphatic rings. The number of aliphatic hydroxyl groups is 3. The van der Waals surface area contributed by atoms with Gasteiger partial charge in [-0.1, -0.05) is 30.4 Å². The number of aliphatic hydroxyl groups excluding tert-OH is 3. The van der Waals surface area contributed by atoms with Crippen molar-refractivity contribution in [2.24, 2.45) is 15.7 Å². The van der Waals surface area contributed by atoms with Gasteiger partial charge in [0.2, 0.25) is 82.7 Å². The summed E-state index contributed by atoms with van der Waals surface area (Å²) in [5.74, 6) is -16.6. The number of aliphatic imine (C=N–C) groups is 2. The van der Waals surface area contributed by atoms with Crippen LogP contribution in [0.1, 0.15) is 129 Å². The van der Waals surface area contributed by atoms with E-state index in [4.69, 9.17) is 11.1 Å². The maximum atomic E-state index is 15.5. The fourth-order valence-electron chi connectivity index (χ4n) is 14.0. The van der Waals surface area contributed by atoms with Crippen molar-refractivity contribution < 1.29 is 107 Å². The molecule has 0 radical (unpaired) electrons. The van der Waals surface area contributed by atoms with Gasteiger partial charge in [-0.25, -0.2) is 0 Å². The Bertz CT molecular complexity index is 4130. The highest BCUT2D eigenvalue weighted by atomic mass is 16.4. The number of carboxylic acids is 2. The van der Waals surface area contributed by atoms with Gasteiger partial charge < -0.3 is 115 Å².